The molecule has 0 radical (unpaired) electrons. The summed E-state index contributed by atoms with van der Waals surface area (Å²) < 4.78 is 0. The summed E-state index contributed by atoms with van der Waals surface area (Å²) in [6, 6.07) is 5.56. The van der Waals surface area contributed by atoms with Gasteiger partial charge >= 0.3 is 18.9 Å². The molecule has 0 unspecified atom stereocenters. The molecule has 1 rings (SSSR count). The van der Waals surface area contributed by atoms with Gasteiger partial charge in [0.1, 0.15) is 0 Å². The van der Waals surface area contributed by atoms with Gasteiger partial charge in [-0.25, -0.2) is 0 Å². The second-order valence-corrected chi connectivity index (χ2v) is 5.47. The molecular formula is C12H15ClLiOP. The number of carbonyl (C=O) groups is 1. The first-order chi connectivity index (χ1) is 7.02. The number of benzene rings is 1. The topological polar surface area (TPSA) is 17.1 Å². The van der Waals surface area contributed by atoms with Crippen molar-refractivity contribution in [1.29, 1.82) is 0 Å². The molecule has 0 aromatic heterocycles. The average molecular weight is 249 g/mol. The number of halogens is 1. The van der Waals surface area contributed by atoms with E-state index >= 15 is 0 Å². The number of aryl methyl sites for hydroxylation is 1. The molecule has 16 heavy (non-hydrogen) atoms. The van der Waals surface area contributed by atoms with E-state index in [1.165, 1.54) is 0 Å². The Morgan fingerprint density at radius 2 is 2.06 bits per heavy atom. The zero-order valence-electron chi connectivity index (χ0n) is 10.2. The minimum Gasteiger partial charge on any atom is -0.459 e. The molecule has 0 N–H and O–H groups in total. The molecular weight excluding hydrogens is 233 g/mol. The minimum absolute atomic E-state index is 0. The first-order valence-corrected chi connectivity index (χ1v) is 6.45. The van der Waals surface area contributed by atoms with Gasteiger partial charge in [0.25, 0.3) is 0 Å². The molecule has 0 spiro atoms. The number of rotatable bonds is 4. The van der Waals surface area contributed by atoms with E-state index in [-0.39, 0.29) is 24.4 Å². The van der Waals surface area contributed by atoms with Crippen molar-refractivity contribution in [3.8, 4) is 0 Å². The standard InChI is InChI=1S/C12H15ClOP.Li/c1-8(2)7-15-12(14)11-9(3)5-4-6-10(11)13;/h4-6,8H,7H2,1-3H3;/q-1;+1. The normalized spacial score (nSPS) is 10.8. The van der Waals surface area contributed by atoms with Crippen LogP contribution in [-0.4, -0.2) is 11.7 Å². The molecule has 0 aliphatic rings. The van der Waals surface area contributed by atoms with Crippen LogP contribution < -0.4 is 18.9 Å². The third-order valence-corrected chi connectivity index (χ3v) is 3.77. The molecule has 4 heteroatoms. The Kier molecular flexibility index (Phi) is 7.61. The Hall–Kier alpha value is 0.207. The zero-order chi connectivity index (χ0) is 11.4. The second kappa shape index (κ2) is 7.52. The Morgan fingerprint density at radius 1 is 1.44 bits per heavy atom. The van der Waals surface area contributed by atoms with Gasteiger partial charge in [0.2, 0.25) is 0 Å². The van der Waals surface area contributed by atoms with Crippen molar-refractivity contribution < 1.29 is 23.7 Å². The van der Waals surface area contributed by atoms with Gasteiger partial charge in [0.15, 0.2) is 0 Å². The molecule has 0 fully saturated rings. The minimum atomic E-state index is 0. The maximum atomic E-state index is 11.9. The molecule has 0 saturated heterocycles. The van der Waals surface area contributed by atoms with Crippen LogP contribution in [0.1, 0.15) is 29.8 Å². The zero-order valence-corrected chi connectivity index (χ0v) is 11.9. The maximum Gasteiger partial charge on any atom is 1.00 e. The van der Waals surface area contributed by atoms with Gasteiger partial charge in [-0.15, -0.1) is 0 Å². The molecule has 0 amide bonds. The summed E-state index contributed by atoms with van der Waals surface area (Å²) in [4.78, 5) is 11.9. The average Bonchev–Trinajstić information content (AvgIpc) is 2.14. The van der Waals surface area contributed by atoms with E-state index in [4.69, 9.17) is 11.6 Å². The van der Waals surface area contributed by atoms with E-state index in [1.807, 2.05) is 19.1 Å². The molecule has 0 bridgehead atoms. The number of hydrogen-bond donors (Lipinski definition) is 0. The van der Waals surface area contributed by atoms with Gasteiger partial charge in [-0.05, 0) is 18.6 Å². The first-order valence-electron chi connectivity index (χ1n) is 4.99. The maximum absolute atomic E-state index is 11.9. The van der Waals surface area contributed by atoms with Crippen molar-refractivity contribution in [1.82, 2.24) is 0 Å². The first kappa shape index (κ1) is 16.2. The van der Waals surface area contributed by atoms with Crippen molar-refractivity contribution in [2.45, 2.75) is 20.8 Å². The van der Waals surface area contributed by atoms with Crippen LogP contribution >= 0.6 is 20.2 Å². The molecule has 0 aliphatic heterocycles. The van der Waals surface area contributed by atoms with E-state index in [0.717, 1.165) is 20.3 Å². The van der Waals surface area contributed by atoms with Crippen LogP contribution in [0.4, 0.5) is 0 Å². The van der Waals surface area contributed by atoms with Crippen LogP contribution in [0.5, 0.6) is 0 Å². The van der Waals surface area contributed by atoms with Gasteiger partial charge < -0.3 is 13.4 Å². The summed E-state index contributed by atoms with van der Waals surface area (Å²) in [7, 11) is 0.838. The summed E-state index contributed by atoms with van der Waals surface area (Å²) in [5.74, 6) is 0.540. The van der Waals surface area contributed by atoms with Gasteiger partial charge in [0.05, 0.1) is 0 Å². The van der Waals surface area contributed by atoms with Gasteiger partial charge in [-0.2, -0.15) is 6.16 Å². The molecule has 0 aliphatic carbocycles. The van der Waals surface area contributed by atoms with Crippen molar-refractivity contribution in [2.75, 3.05) is 6.16 Å². The van der Waals surface area contributed by atoms with E-state index in [9.17, 15) is 4.79 Å². The summed E-state index contributed by atoms with van der Waals surface area (Å²) in [6.07, 6.45) is 0.892. The number of carbonyl (C=O) groups excluding carboxylic acids is 1. The van der Waals surface area contributed by atoms with Crippen LogP contribution in [0.3, 0.4) is 0 Å². The van der Waals surface area contributed by atoms with Crippen molar-refractivity contribution in [3.63, 3.8) is 0 Å². The molecule has 0 atom stereocenters. The van der Waals surface area contributed by atoms with Crippen LogP contribution in [-0.2, 0) is 0 Å². The Morgan fingerprint density at radius 3 is 2.56 bits per heavy atom. The van der Waals surface area contributed by atoms with Gasteiger partial charge in [0, 0.05) is 16.1 Å². The quantitative estimate of drug-likeness (QED) is 0.581. The van der Waals surface area contributed by atoms with Crippen molar-refractivity contribution >= 4 is 25.7 Å². The van der Waals surface area contributed by atoms with Crippen LogP contribution in [0.2, 0.25) is 5.02 Å². The fourth-order valence-corrected chi connectivity index (χ4v) is 2.61. The van der Waals surface area contributed by atoms with E-state index in [1.54, 1.807) is 6.07 Å². The monoisotopic (exact) mass is 248 g/mol. The van der Waals surface area contributed by atoms with Gasteiger partial charge in [-0.1, -0.05) is 43.5 Å². The largest absolute Gasteiger partial charge is 1.00 e. The van der Waals surface area contributed by atoms with Crippen LogP contribution in [0.25, 0.3) is 0 Å². The third kappa shape index (κ3) is 4.60. The SMILES string of the molecule is Cc1cccc(Cl)c1C(=O)[P-]CC(C)C.[Li+]. The second-order valence-electron chi connectivity index (χ2n) is 3.97. The predicted octanol–water partition coefficient (Wildman–Crippen LogP) is 1.39. The van der Waals surface area contributed by atoms with E-state index in [0.29, 0.717) is 16.5 Å². The number of hydrogen-bond acceptors (Lipinski definition) is 1. The summed E-state index contributed by atoms with van der Waals surface area (Å²) in [5.41, 5.74) is 1.78. The molecule has 0 heterocycles. The molecule has 1 nitrogen and oxygen atoms in total. The summed E-state index contributed by atoms with van der Waals surface area (Å²) in [6.45, 7) is 6.14. The molecule has 0 saturated carbocycles. The third-order valence-electron chi connectivity index (χ3n) is 2.04. The Bertz CT molecular complexity index is 346. The van der Waals surface area contributed by atoms with Crippen molar-refractivity contribution in [2.24, 2.45) is 5.92 Å². The van der Waals surface area contributed by atoms with Crippen molar-refractivity contribution in [3.05, 3.63) is 34.3 Å². The smallest absolute Gasteiger partial charge is 0.459 e. The van der Waals surface area contributed by atoms with Crippen LogP contribution in [0.15, 0.2) is 18.2 Å². The van der Waals surface area contributed by atoms with Gasteiger partial charge in [-0.3, -0.25) is 0 Å². The van der Waals surface area contributed by atoms with E-state index < -0.39 is 0 Å². The predicted molar refractivity (Wildman–Crippen MR) is 67.1 cm³/mol. The summed E-state index contributed by atoms with van der Waals surface area (Å²) >= 11 is 6.01. The molecule has 82 valence electrons. The van der Waals surface area contributed by atoms with Crippen LogP contribution in [0, 0.1) is 12.8 Å². The Balaban J connectivity index is 0.00000225. The van der Waals surface area contributed by atoms with E-state index in [2.05, 4.69) is 13.8 Å². The summed E-state index contributed by atoms with van der Waals surface area (Å²) in [5, 5.41) is 0.566. The fourth-order valence-electron chi connectivity index (χ4n) is 1.25. The fraction of sp³-hybridized carbons (Fsp3) is 0.417. The Labute approximate surface area is 116 Å². The molecule has 1 aromatic carbocycles. The molecule has 1 aromatic rings.